The molecule has 0 spiro atoms. The fraction of sp³-hybridized carbons (Fsp3) is 0.158. The van der Waals surface area contributed by atoms with Crippen LogP contribution >= 0.6 is 0 Å². The largest absolute Gasteiger partial charge is 0.348 e. The highest BCUT2D eigenvalue weighted by molar-refractivity contribution is 5.94. The Bertz CT molecular complexity index is 759. The van der Waals surface area contributed by atoms with E-state index in [1.54, 1.807) is 6.20 Å². The smallest absolute Gasteiger partial charge is 0.251 e. The van der Waals surface area contributed by atoms with Crippen molar-refractivity contribution in [2.45, 2.75) is 20.0 Å². The molecule has 0 aliphatic heterocycles. The van der Waals surface area contributed by atoms with Crippen LogP contribution in [0.1, 0.15) is 27.0 Å². The van der Waals surface area contributed by atoms with Gasteiger partial charge in [-0.1, -0.05) is 42.0 Å². The highest BCUT2D eigenvalue weighted by Crippen LogP contribution is 2.07. The number of hydrogen-bond donors (Lipinski definition) is 1. The number of aryl methyl sites for hydroxylation is 1. The van der Waals surface area contributed by atoms with Crippen LogP contribution in [0.25, 0.3) is 0 Å². The summed E-state index contributed by atoms with van der Waals surface area (Å²) in [4.78, 5) is 12.1. The van der Waals surface area contributed by atoms with Gasteiger partial charge in [0.25, 0.3) is 5.91 Å². The molecule has 4 heteroatoms. The molecule has 0 fully saturated rings. The Labute approximate surface area is 135 Å². The number of nitrogens with zero attached hydrogens (tertiary/aromatic N) is 2. The molecule has 0 aliphatic carbocycles. The summed E-state index contributed by atoms with van der Waals surface area (Å²) < 4.78 is 1.88. The summed E-state index contributed by atoms with van der Waals surface area (Å²) in [5.74, 6) is -0.0504. The van der Waals surface area contributed by atoms with Gasteiger partial charge in [-0.25, -0.2) is 0 Å². The Morgan fingerprint density at radius 3 is 2.39 bits per heavy atom. The molecule has 1 heterocycles. The normalized spacial score (nSPS) is 10.5. The number of carbonyl (C=O) groups excluding carboxylic acids is 1. The van der Waals surface area contributed by atoms with Crippen molar-refractivity contribution in [3.05, 3.63) is 89.2 Å². The van der Waals surface area contributed by atoms with Gasteiger partial charge in [-0.05, 0) is 36.2 Å². The van der Waals surface area contributed by atoms with Gasteiger partial charge in [0.2, 0.25) is 0 Å². The van der Waals surface area contributed by atoms with Crippen molar-refractivity contribution in [1.82, 2.24) is 15.1 Å². The molecule has 1 N–H and O–H groups in total. The molecule has 0 saturated heterocycles. The van der Waals surface area contributed by atoms with E-state index in [4.69, 9.17) is 0 Å². The minimum atomic E-state index is -0.0504. The molecule has 23 heavy (non-hydrogen) atoms. The van der Waals surface area contributed by atoms with Crippen molar-refractivity contribution >= 4 is 5.91 Å². The van der Waals surface area contributed by atoms with Crippen molar-refractivity contribution < 1.29 is 4.79 Å². The average molecular weight is 305 g/mol. The first kappa shape index (κ1) is 15.0. The minimum Gasteiger partial charge on any atom is -0.348 e. The molecule has 1 aromatic heterocycles. The van der Waals surface area contributed by atoms with Gasteiger partial charge in [0.1, 0.15) is 0 Å². The van der Waals surface area contributed by atoms with Gasteiger partial charge < -0.3 is 5.32 Å². The number of hydrogen-bond acceptors (Lipinski definition) is 2. The summed E-state index contributed by atoms with van der Waals surface area (Å²) in [5, 5.41) is 7.14. The van der Waals surface area contributed by atoms with E-state index >= 15 is 0 Å². The average Bonchev–Trinajstić information content (AvgIpc) is 3.07. The molecule has 3 aromatic rings. The third kappa shape index (κ3) is 4.07. The lowest BCUT2D eigenvalue weighted by Gasteiger charge is -2.07. The Balaban J connectivity index is 1.56. The Morgan fingerprint density at radius 1 is 1.04 bits per heavy atom. The molecule has 116 valence electrons. The number of carbonyl (C=O) groups is 1. The van der Waals surface area contributed by atoms with Gasteiger partial charge in [0, 0.05) is 24.5 Å². The molecule has 1 amide bonds. The van der Waals surface area contributed by atoms with Crippen molar-refractivity contribution in [1.29, 1.82) is 0 Å². The van der Waals surface area contributed by atoms with E-state index in [2.05, 4.69) is 22.5 Å². The van der Waals surface area contributed by atoms with Crippen LogP contribution in [0.3, 0.4) is 0 Å². The van der Waals surface area contributed by atoms with Gasteiger partial charge in [-0.15, -0.1) is 0 Å². The predicted molar refractivity (Wildman–Crippen MR) is 90.1 cm³/mol. The maximum absolute atomic E-state index is 12.1. The highest BCUT2D eigenvalue weighted by Gasteiger charge is 2.04. The molecule has 2 aromatic carbocycles. The van der Waals surface area contributed by atoms with E-state index < -0.39 is 0 Å². The lowest BCUT2D eigenvalue weighted by atomic mass is 10.1. The first-order valence-corrected chi connectivity index (χ1v) is 7.61. The van der Waals surface area contributed by atoms with Crippen LogP contribution < -0.4 is 5.32 Å². The Hall–Kier alpha value is -2.88. The molecular weight excluding hydrogens is 286 g/mol. The zero-order valence-corrected chi connectivity index (χ0v) is 13.1. The number of amides is 1. The van der Waals surface area contributed by atoms with Gasteiger partial charge in [-0.3, -0.25) is 9.48 Å². The van der Waals surface area contributed by atoms with E-state index in [0.717, 1.165) is 17.7 Å². The minimum absolute atomic E-state index is 0.0504. The van der Waals surface area contributed by atoms with E-state index in [-0.39, 0.29) is 5.91 Å². The first-order valence-electron chi connectivity index (χ1n) is 7.61. The maximum Gasteiger partial charge on any atom is 0.251 e. The van der Waals surface area contributed by atoms with Gasteiger partial charge in [0.15, 0.2) is 0 Å². The monoisotopic (exact) mass is 305 g/mol. The second-order valence-corrected chi connectivity index (χ2v) is 5.57. The second-order valence-electron chi connectivity index (χ2n) is 5.57. The number of aromatic nitrogens is 2. The maximum atomic E-state index is 12.1. The van der Waals surface area contributed by atoms with Gasteiger partial charge >= 0.3 is 0 Å². The zero-order chi connectivity index (χ0) is 16.1. The lowest BCUT2D eigenvalue weighted by Crippen LogP contribution is -2.22. The van der Waals surface area contributed by atoms with Crippen molar-refractivity contribution in [2.24, 2.45) is 0 Å². The SMILES string of the molecule is Cc1ccc(C(=O)NCc2ccc(Cn3cccn3)cc2)cc1. The molecule has 0 saturated carbocycles. The summed E-state index contributed by atoms with van der Waals surface area (Å²) >= 11 is 0. The number of nitrogens with one attached hydrogen (secondary N) is 1. The van der Waals surface area contributed by atoms with Crippen LogP contribution in [0.2, 0.25) is 0 Å². The topological polar surface area (TPSA) is 46.9 Å². The predicted octanol–water partition coefficient (Wildman–Crippen LogP) is 3.17. The zero-order valence-electron chi connectivity index (χ0n) is 13.1. The van der Waals surface area contributed by atoms with E-state index in [1.807, 2.05) is 60.3 Å². The van der Waals surface area contributed by atoms with Crippen LogP contribution in [0.4, 0.5) is 0 Å². The summed E-state index contributed by atoms with van der Waals surface area (Å²) in [7, 11) is 0. The van der Waals surface area contributed by atoms with Crippen LogP contribution in [0.5, 0.6) is 0 Å². The van der Waals surface area contributed by atoms with Crippen molar-refractivity contribution in [3.8, 4) is 0 Å². The van der Waals surface area contributed by atoms with E-state index in [1.165, 1.54) is 5.56 Å². The number of rotatable bonds is 5. The van der Waals surface area contributed by atoms with E-state index in [9.17, 15) is 4.79 Å². The lowest BCUT2D eigenvalue weighted by molar-refractivity contribution is 0.0951. The van der Waals surface area contributed by atoms with Crippen molar-refractivity contribution in [3.63, 3.8) is 0 Å². The molecule has 3 rings (SSSR count). The van der Waals surface area contributed by atoms with Crippen LogP contribution in [0.15, 0.2) is 67.0 Å². The fourth-order valence-electron chi connectivity index (χ4n) is 2.33. The fourth-order valence-corrected chi connectivity index (χ4v) is 2.33. The third-order valence-corrected chi connectivity index (χ3v) is 3.69. The Morgan fingerprint density at radius 2 is 1.74 bits per heavy atom. The molecule has 0 atom stereocenters. The summed E-state index contributed by atoms with van der Waals surface area (Å²) in [5.41, 5.74) is 4.09. The van der Waals surface area contributed by atoms with E-state index in [0.29, 0.717) is 12.1 Å². The summed E-state index contributed by atoms with van der Waals surface area (Å²) in [6.45, 7) is 3.28. The summed E-state index contributed by atoms with van der Waals surface area (Å²) in [6.07, 6.45) is 3.71. The molecule has 0 radical (unpaired) electrons. The third-order valence-electron chi connectivity index (χ3n) is 3.69. The number of benzene rings is 2. The molecule has 4 nitrogen and oxygen atoms in total. The molecule has 0 unspecified atom stereocenters. The van der Waals surface area contributed by atoms with Crippen LogP contribution in [-0.4, -0.2) is 15.7 Å². The standard InChI is InChI=1S/C19H19N3O/c1-15-3-9-18(10-4-15)19(23)20-13-16-5-7-17(8-6-16)14-22-12-2-11-21-22/h2-12H,13-14H2,1H3,(H,20,23). The quantitative estimate of drug-likeness (QED) is 0.787. The molecular formula is C19H19N3O. The summed E-state index contributed by atoms with van der Waals surface area (Å²) in [6, 6.07) is 17.7. The van der Waals surface area contributed by atoms with Crippen LogP contribution in [-0.2, 0) is 13.1 Å². The van der Waals surface area contributed by atoms with Crippen molar-refractivity contribution in [2.75, 3.05) is 0 Å². The molecule has 0 aliphatic rings. The highest BCUT2D eigenvalue weighted by atomic mass is 16.1. The van der Waals surface area contributed by atoms with Gasteiger partial charge in [-0.2, -0.15) is 5.10 Å². The van der Waals surface area contributed by atoms with Gasteiger partial charge in [0.05, 0.1) is 6.54 Å². The first-order chi connectivity index (χ1) is 11.2. The second kappa shape index (κ2) is 6.92. The Kier molecular flexibility index (Phi) is 4.52. The molecule has 0 bridgehead atoms. The van der Waals surface area contributed by atoms with Crippen LogP contribution in [0, 0.1) is 6.92 Å².